The van der Waals surface area contributed by atoms with Gasteiger partial charge >= 0.3 is 0 Å². The molecule has 0 aromatic heterocycles. The van der Waals surface area contributed by atoms with Gasteiger partial charge in [-0.15, -0.1) is 0 Å². The van der Waals surface area contributed by atoms with Gasteiger partial charge in [0.15, 0.2) is 0 Å². The highest BCUT2D eigenvalue weighted by atomic mass is 16.2. The third-order valence-corrected chi connectivity index (χ3v) is 2.11. The lowest BCUT2D eigenvalue weighted by Gasteiger charge is -2.20. The first-order chi connectivity index (χ1) is 9.00. The van der Waals surface area contributed by atoms with Gasteiger partial charge in [0.25, 0.3) is 0 Å². The molecule has 1 rings (SSSR count). The Balaban J connectivity index is 0. The molecule has 1 fully saturated rings. The molecule has 3 N–H and O–H groups in total. The van der Waals surface area contributed by atoms with Crippen LogP contribution >= 0.6 is 0 Å². The molecule has 0 saturated carbocycles. The number of carbonyl (C=O) groups excluding carboxylic acids is 2. The van der Waals surface area contributed by atoms with Crippen molar-refractivity contribution in [2.75, 3.05) is 0 Å². The van der Waals surface area contributed by atoms with Crippen molar-refractivity contribution < 1.29 is 9.59 Å². The molecule has 1 saturated heterocycles. The van der Waals surface area contributed by atoms with Crippen molar-refractivity contribution in [1.82, 2.24) is 5.32 Å². The average molecular weight is 269 g/mol. The van der Waals surface area contributed by atoms with E-state index in [-0.39, 0.29) is 11.8 Å². The van der Waals surface area contributed by atoms with Crippen molar-refractivity contribution in [2.45, 2.75) is 54.4 Å². The molecule has 0 spiro atoms. The maximum Gasteiger partial charge on any atom is 0.235 e. The summed E-state index contributed by atoms with van der Waals surface area (Å²) in [5.41, 5.74) is 6.98. The Hall–Kier alpha value is -1.65. The van der Waals surface area contributed by atoms with Crippen molar-refractivity contribution in [3.63, 3.8) is 0 Å². The minimum absolute atomic E-state index is 0.237. The Morgan fingerprint density at radius 3 is 2.21 bits per heavy atom. The molecule has 0 aromatic rings. The Morgan fingerprint density at radius 1 is 1.26 bits per heavy atom. The summed E-state index contributed by atoms with van der Waals surface area (Å²) < 4.78 is 0. The van der Waals surface area contributed by atoms with E-state index >= 15 is 0 Å². The number of nitrogens with one attached hydrogen (secondary N) is 1. The lowest BCUT2D eigenvalue weighted by Crippen LogP contribution is -2.42. The topological polar surface area (TPSA) is 84.5 Å². The molecule has 2 amide bonds. The first-order valence-electron chi connectivity index (χ1n) is 6.81. The molecule has 1 heterocycles. The van der Waals surface area contributed by atoms with Crippen LogP contribution in [0.3, 0.4) is 0 Å². The Kier molecular flexibility index (Phi) is 11.9. The minimum atomic E-state index is -0.425. The third-order valence-electron chi connectivity index (χ3n) is 2.11. The van der Waals surface area contributed by atoms with Crippen LogP contribution in [0.25, 0.3) is 0 Å². The molecule has 1 atom stereocenters. The summed E-state index contributed by atoms with van der Waals surface area (Å²) in [6.07, 6.45) is 2.28. The summed E-state index contributed by atoms with van der Waals surface area (Å²) in [6, 6.07) is 0. The molecule has 0 aromatic carbocycles. The van der Waals surface area contributed by atoms with Crippen LogP contribution in [0.1, 0.15) is 54.4 Å². The summed E-state index contributed by atoms with van der Waals surface area (Å²) in [6.45, 7) is 11.7. The fourth-order valence-corrected chi connectivity index (χ4v) is 1.31. The van der Waals surface area contributed by atoms with E-state index in [0.717, 1.165) is 5.71 Å². The van der Waals surface area contributed by atoms with Gasteiger partial charge in [0, 0.05) is 24.0 Å². The standard InChI is InChI=1S/C10H15N3O2.2C2H6/c1-6(2)12-5-8(11)7-3-4-9(14)13-10(7)15;2*1-2/h5,7H,3-4,11H2,1-2H3,(H,13,14,15);2*1-2H3/b8-5-;;. The Morgan fingerprint density at radius 2 is 1.79 bits per heavy atom. The number of rotatable bonds is 2. The lowest BCUT2D eigenvalue weighted by atomic mass is 9.95. The monoisotopic (exact) mass is 269 g/mol. The maximum absolute atomic E-state index is 11.4. The third kappa shape index (κ3) is 8.13. The molecule has 1 unspecified atom stereocenters. The predicted octanol–water partition coefficient (Wildman–Crippen LogP) is 2.37. The highest BCUT2D eigenvalue weighted by Gasteiger charge is 2.28. The van der Waals surface area contributed by atoms with E-state index in [1.54, 1.807) is 0 Å². The smallest absolute Gasteiger partial charge is 0.235 e. The van der Waals surface area contributed by atoms with Crippen molar-refractivity contribution in [3.05, 3.63) is 11.9 Å². The summed E-state index contributed by atoms with van der Waals surface area (Å²) >= 11 is 0. The number of hydrogen-bond acceptors (Lipinski definition) is 4. The minimum Gasteiger partial charge on any atom is -0.400 e. The van der Waals surface area contributed by atoms with Gasteiger partial charge in [-0.3, -0.25) is 19.9 Å². The molecule has 5 nitrogen and oxygen atoms in total. The SMILES string of the molecule is CC.CC.CC(C)=N/C=C(\N)C1CCC(=O)NC1=O. The van der Waals surface area contributed by atoms with Gasteiger partial charge in [0.05, 0.1) is 5.92 Å². The van der Waals surface area contributed by atoms with Crippen molar-refractivity contribution >= 4 is 17.5 Å². The van der Waals surface area contributed by atoms with Crippen LogP contribution in [-0.4, -0.2) is 17.5 Å². The number of aliphatic imine (C=N–C) groups is 1. The molecule has 1 aliphatic heterocycles. The molecule has 0 bridgehead atoms. The van der Waals surface area contributed by atoms with E-state index < -0.39 is 5.92 Å². The normalized spacial score (nSPS) is 18.2. The second-order valence-electron chi connectivity index (χ2n) is 3.71. The van der Waals surface area contributed by atoms with Gasteiger partial charge in [-0.25, -0.2) is 0 Å². The Labute approximate surface area is 116 Å². The van der Waals surface area contributed by atoms with Gasteiger partial charge in [-0.1, -0.05) is 27.7 Å². The first-order valence-corrected chi connectivity index (χ1v) is 6.81. The van der Waals surface area contributed by atoms with Crippen LogP contribution in [0.5, 0.6) is 0 Å². The zero-order valence-electron chi connectivity index (χ0n) is 12.9. The van der Waals surface area contributed by atoms with Crippen LogP contribution in [-0.2, 0) is 9.59 Å². The van der Waals surface area contributed by atoms with Crippen LogP contribution < -0.4 is 11.1 Å². The quantitative estimate of drug-likeness (QED) is 0.596. The predicted molar refractivity (Wildman–Crippen MR) is 79.6 cm³/mol. The van der Waals surface area contributed by atoms with Crippen molar-refractivity contribution in [3.8, 4) is 0 Å². The number of piperidine rings is 1. The van der Waals surface area contributed by atoms with E-state index in [9.17, 15) is 9.59 Å². The number of hydrogen-bond donors (Lipinski definition) is 2. The Bertz CT molecular complexity index is 343. The van der Waals surface area contributed by atoms with E-state index in [4.69, 9.17) is 5.73 Å². The van der Waals surface area contributed by atoms with Crippen LogP contribution in [0.4, 0.5) is 0 Å². The van der Waals surface area contributed by atoms with E-state index in [0.29, 0.717) is 18.5 Å². The molecule has 0 radical (unpaired) electrons. The van der Waals surface area contributed by atoms with Crippen molar-refractivity contribution in [2.24, 2.45) is 16.6 Å². The number of nitrogens with zero attached hydrogens (tertiary/aromatic N) is 1. The summed E-state index contributed by atoms with van der Waals surface area (Å²) in [5.74, 6) is -0.992. The number of amides is 2. The second-order valence-corrected chi connectivity index (χ2v) is 3.71. The highest BCUT2D eigenvalue weighted by Crippen LogP contribution is 2.17. The molecule has 1 aliphatic rings. The molecule has 110 valence electrons. The van der Waals surface area contributed by atoms with Crippen LogP contribution in [0.2, 0.25) is 0 Å². The highest BCUT2D eigenvalue weighted by molar-refractivity contribution is 5.99. The lowest BCUT2D eigenvalue weighted by molar-refractivity contribution is -0.135. The second kappa shape index (κ2) is 11.4. The number of imide groups is 1. The van der Waals surface area contributed by atoms with Crippen molar-refractivity contribution in [1.29, 1.82) is 0 Å². The average Bonchev–Trinajstić information content (AvgIpc) is 2.40. The summed E-state index contributed by atoms with van der Waals surface area (Å²) in [5, 5.41) is 2.25. The van der Waals surface area contributed by atoms with E-state index in [2.05, 4.69) is 10.3 Å². The fourth-order valence-electron chi connectivity index (χ4n) is 1.31. The first kappa shape index (κ1) is 19.7. The van der Waals surface area contributed by atoms with Crippen LogP contribution in [0, 0.1) is 5.92 Å². The van der Waals surface area contributed by atoms with Gasteiger partial charge < -0.3 is 5.73 Å². The summed E-state index contributed by atoms with van der Waals surface area (Å²) in [7, 11) is 0. The zero-order chi connectivity index (χ0) is 15.4. The van der Waals surface area contributed by atoms with Gasteiger partial charge in [0.2, 0.25) is 11.8 Å². The van der Waals surface area contributed by atoms with E-state index in [1.807, 2.05) is 41.5 Å². The molecule has 0 aliphatic carbocycles. The van der Waals surface area contributed by atoms with Gasteiger partial charge in [-0.05, 0) is 20.3 Å². The molecular weight excluding hydrogens is 242 g/mol. The van der Waals surface area contributed by atoms with Gasteiger partial charge in [-0.2, -0.15) is 0 Å². The zero-order valence-corrected chi connectivity index (χ0v) is 12.9. The molecule has 19 heavy (non-hydrogen) atoms. The molecular formula is C14H27N3O2. The number of nitrogens with two attached hydrogens (primary N) is 1. The van der Waals surface area contributed by atoms with Gasteiger partial charge in [0.1, 0.15) is 0 Å². The van der Waals surface area contributed by atoms with E-state index in [1.165, 1.54) is 6.20 Å². The fraction of sp³-hybridized carbons (Fsp3) is 0.643. The summed E-state index contributed by atoms with van der Waals surface area (Å²) in [4.78, 5) is 26.3. The maximum atomic E-state index is 11.4. The molecule has 5 heteroatoms. The van der Waals surface area contributed by atoms with Crippen LogP contribution in [0.15, 0.2) is 16.9 Å². The largest absolute Gasteiger partial charge is 0.400 e. The number of carbonyl (C=O) groups is 2.